The molecule has 8 nitrogen and oxygen atoms in total. The molecule has 8 heteroatoms. The van der Waals surface area contributed by atoms with Gasteiger partial charge in [-0.2, -0.15) is 0 Å². The largest absolute Gasteiger partial charge is 0.376 e. The van der Waals surface area contributed by atoms with Crippen molar-refractivity contribution in [1.82, 2.24) is 15.3 Å². The Morgan fingerprint density at radius 2 is 1.97 bits per heavy atom. The Kier molecular flexibility index (Phi) is 7.88. The van der Waals surface area contributed by atoms with Crippen LogP contribution < -0.4 is 16.0 Å². The lowest BCUT2D eigenvalue weighted by Crippen LogP contribution is -2.35. The van der Waals surface area contributed by atoms with E-state index >= 15 is 0 Å². The standard InChI is InChI=1S/C24H28N6O2.2H2/c1-16(2)32-15-22(18-7-5-4-6-8-18)29-24(31)30-23-12-19(13-25)21(14-27-23)28-20-9-10-26-17(3)11-20;;/h4-14,16,22,25H,15H2,1-3H3,(H,26,28)(H2,27,29,30,31);2*1H/t22-;;/m1../s1. The van der Waals surface area contributed by atoms with E-state index in [0.717, 1.165) is 16.9 Å². The zero-order chi connectivity index (χ0) is 22.9. The Morgan fingerprint density at radius 3 is 2.66 bits per heavy atom. The van der Waals surface area contributed by atoms with Gasteiger partial charge in [-0.15, -0.1) is 0 Å². The molecule has 3 aromatic rings. The Labute approximate surface area is 190 Å². The third kappa shape index (κ3) is 6.61. The van der Waals surface area contributed by atoms with Crippen LogP contribution in [0.4, 0.5) is 22.0 Å². The fraction of sp³-hybridized carbons (Fsp3) is 0.250. The number of hydrogen-bond acceptors (Lipinski definition) is 6. The van der Waals surface area contributed by atoms with E-state index in [9.17, 15) is 4.79 Å². The first-order valence-corrected chi connectivity index (χ1v) is 10.4. The zero-order valence-electron chi connectivity index (χ0n) is 18.4. The SMILES string of the molecule is Cc1cc(Nc2cnc(NC(=O)N[C@H](COC(C)C)c3ccccc3)cc2C=N)ccn1.[HH].[HH]. The van der Waals surface area contributed by atoms with E-state index in [4.69, 9.17) is 10.1 Å². The topological polar surface area (TPSA) is 112 Å². The Bertz CT molecular complexity index is 1070. The van der Waals surface area contributed by atoms with Crippen LogP contribution in [0.2, 0.25) is 0 Å². The van der Waals surface area contributed by atoms with E-state index in [2.05, 4.69) is 25.9 Å². The van der Waals surface area contributed by atoms with Crippen molar-refractivity contribution in [2.45, 2.75) is 32.9 Å². The van der Waals surface area contributed by atoms with Crippen LogP contribution in [0.3, 0.4) is 0 Å². The number of urea groups is 1. The van der Waals surface area contributed by atoms with Gasteiger partial charge in [0, 0.05) is 32.2 Å². The minimum absolute atomic E-state index is 0. The molecule has 2 aromatic heterocycles. The third-order valence-corrected chi connectivity index (χ3v) is 4.61. The van der Waals surface area contributed by atoms with E-state index in [1.54, 1.807) is 18.5 Å². The molecule has 170 valence electrons. The van der Waals surface area contributed by atoms with Crippen molar-refractivity contribution in [2.24, 2.45) is 0 Å². The van der Waals surface area contributed by atoms with Crippen molar-refractivity contribution in [3.05, 3.63) is 77.7 Å². The molecule has 0 aliphatic rings. The lowest BCUT2D eigenvalue weighted by Gasteiger charge is -2.21. The summed E-state index contributed by atoms with van der Waals surface area (Å²) in [4.78, 5) is 21.1. The summed E-state index contributed by atoms with van der Waals surface area (Å²) in [5.41, 5.74) is 3.92. The van der Waals surface area contributed by atoms with E-state index in [1.807, 2.05) is 63.2 Å². The van der Waals surface area contributed by atoms with E-state index < -0.39 is 6.03 Å². The Balaban J connectivity index is 0.00000289. The Morgan fingerprint density at radius 1 is 1.19 bits per heavy atom. The fourth-order valence-corrected chi connectivity index (χ4v) is 3.05. The molecule has 0 bridgehead atoms. The van der Waals surface area contributed by atoms with E-state index in [1.165, 1.54) is 6.21 Å². The monoisotopic (exact) mass is 436 g/mol. The summed E-state index contributed by atoms with van der Waals surface area (Å²) in [7, 11) is 0. The molecule has 1 atom stereocenters. The number of benzene rings is 1. The number of nitrogens with zero attached hydrogens (tertiary/aromatic N) is 2. The second-order valence-electron chi connectivity index (χ2n) is 7.56. The minimum Gasteiger partial charge on any atom is -0.376 e. The first-order valence-electron chi connectivity index (χ1n) is 10.4. The third-order valence-electron chi connectivity index (χ3n) is 4.61. The van der Waals surface area contributed by atoms with Gasteiger partial charge in [0.2, 0.25) is 0 Å². The van der Waals surface area contributed by atoms with Gasteiger partial charge in [0.15, 0.2) is 0 Å². The number of amides is 2. The highest BCUT2D eigenvalue weighted by Gasteiger charge is 2.16. The van der Waals surface area contributed by atoms with Gasteiger partial charge >= 0.3 is 6.03 Å². The first kappa shape index (κ1) is 22.9. The number of carbonyl (C=O) groups is 1. The highest BCUT2D eigenvalue weighted by Crippen LogP contribution is 2.22. The van der Waals surface area contributed by atoms with Crippen LogP contribution in [-0.2, 0) is 4.74 Å². The highest BCUT2D eigenvalue weighted by atomic mass is 16.5. The van der Waals surface area contributed by atoms with E-state index in [-0.39, 0.29) is 15.0 Å². The van der Waals surface area contributed by atoms with Crippen LogP contribution in [-0.4, -0.2) is 34.9 Å². The molecule has 0 unspecified atom stereocenters. The van der Waals surface area contributed by atoms with Crippen LogP contribution in [0, 0.1) is 12.3 Å². The van der Waals surface area contributed by atoms with Crippen molar-refractivity contribution < 1.29 is 12.4 Å². The van der Waals surface area contributed by atoms with Gasteiger partial charge in [0.25, 0.3) is 0 Å². The molecule has 0 aliphatic heterocycles. The van der Waals surface area contributed by atoms with Gasteiger partial charge in [0.05, 0.1) is 30.6 Å². The molecule has 3 rings (SSSR count). The van der Waals surface area contributed by atoms with E-state index in [0.29, 0.717) is 23.7 Å². The molecule has 0 radical (unpaired) electrons. The average Bonchev–Trinajstić information content (AvgIpc) is 2.78. The second-order valence-corrected chi connectivity index (χ2v) is 7.56. The number of anilines is 3. The van der Waals surface area contributed by atoms with Crippen LogP contribution in [0.5, 0.6) is 0 Å². The van der Waals surface area contributed by atoms with Crippen molar-refractivity contribution >= 4 is 29.4 Å². The molecule has 0 saturated heterocycles. The fourth-order valence-electron chi connectivity index (χ4n) is 3.05. The number of aryl methyl sites for hydroxylation is 1. The maximum Gasteiger partial charge on any atom is 0.320 e. The van der Waals surface area contributed by atoms with Crippen molar-refractivity contribution in [3.63, 3.8) is 0 Å². The summed E-state index contributed by atoms with van der Waals surface area (Å²) >= 11 is 0. The summed E-state index contributed by atoms with van der Waals surface area (Å²) in [6.07, 6.45) is 4.56. The maximum atomic E-state index is 12.7. The van der Waals surface area contributed by atoms with Gasteiger partial charge in [-0.05, 0) is 44.5 Å². The lowest BCUT2D eigenvalue weighted by atomic mass is 10.1. The van der Waals surface area contributed by atoms with Crippen LogP contribution >= 0.6 is 0 Å². The van der Waals surface area contributed by atoms with Crippen molar-refractivity contribution in [1.29, 1.82) is 5.41 Å². The molecule has 0 aliphatic carbocycles. The van der Waals surface area contributed by atoms with Crippen LogP contribution in [0.25, 0.3) is 0 Å². The highest BCUT2D eigenvalue weighted by molar-refractivity contribution is 5.92. The normalized spacial score (nSPS) is 11.6. The van der Waals surface area contributed by atoms with Gasteiger partial charge < -0.3 is 20.8 Å². The van der Waals surface area contributed by atoms with Crippen LogP contribution in [0.15, 0.2) is 60.9 Å². The lowest BCUT2D eigenvalue weighted by molar-refractivity contribution is 0.0632. The summed E-state index contributed by atoms with van der Waals surface area (Å²) < 4.78 is 5.73. The maximum absolute atomic E-state index is 12.7. The number of pyridine rings is 2. The molecule has 0 fully saturated rings. The molecular weight excluding hydrogens is 404 g/mol. The van der Waals surface area contributed by atoms with Crippen molar-refractivity contribution in [2.75, 3.05) is 17.2 Å². The molecule has 2 heterocycles. The zero-order valence-corrected chi connectivity index (χ0v) is 18.4. The van der Waals surface area contributed by atoms with Gasteiger partial charge in [-0.1, -0.05) is 30.3 Å². The number of carbonyl (C=O) groups excluding carboxylic acids is 1. The van der Waals surface area contributed by atoms with Gasteiger partial charge in [0.1, 0.15) is 5.82 Å². The van der Waals surface area contributed by atoms with Crippen molar-refractivity contribution in [3.8, 4) is 0 Å². The molecule has 32 heavy (non-hydrogen) atoms. The predicted molar refractivity (Wildman–Crippen MR) is 131 cm³/mol. The predicted octanol–water partition coefficient (Wildman–Crippen LogP) is 5.31. The van der Waals surface area contributed by atoms with Gasteiger partial charge in [-0.25, -0.2) is 9.78 Å². The minimum atomic E-state index is -0.403. The van der Waals surface area contributed by atoms with Crippen LogP contribution in [0.1, 0.15) is 39.6 Å². The quantitative estimate of drug-likeness (QED) is 0.340. The molecule has 0 spiro atoms. The number of hydrogen-bond donors (Lipinski definition) is 4. The molecule has 0 saturated carbocycles. The number of aromatic nitrogens is 2. The number of nitrogens with one attached hydrogen (secondary N) is 4. The van der Waals surface area contributed by atoms with Gasteiger partial charge in [-0.3, -0.25) is 10.3 Å². The average molecular weight is 437 g/mol. The Hall–Kier alpha value is -3.78. The molecule has 4 N–H and O–H groups in total. The second kappa shape index (κ2) is 11.0. The summed E-state index contributed by atoms with van der Waals surface area (Å²) in [5, 5.41) is 16.7. The smallest absolute Gasteiger partial charge is 0.320 e. The number of ether oxygens (including phenoxy) is 1. The molecular formula is C24H32N6O2. The molecule has 1 aromatic carbocycles. The molecule has 2 amide bonds. The summed E-state index contributed by atoms with van der Waals surface area (Å²) in [5.74, 6) is 0.342. The summed E-state index contributed by atoms with van der Waals surface area (Å²) in [6, 6.07) is 14.3. The number of rotatable bonds is 9. The first-order chi connectivity index (χ1) is 15.4. The summed E-state index contributed by atoms with van der Waals surface area (Å²) in [6.45, 7) is 6.16.